The van der Waals surface area contributed by atoms with Crippen LogP contribution < -0.4 is 10.6 Å². The average molecular weight is 375 g/mol. The smallest absolute Gasteiger partial charge is 0.224 e. The molecule has 0 bridgehead atoms. The Balaban J connectivity index is 1.67. The van der Waals surface area contributed by atoms with E-state index in [1.54, 1.807) is 31.6 Å². The average Bonchev–Trinajstić information content (AvgIpc) is 3.17. The van der Waals surface area contributed by atoms with Crippen LogP contribution in [0.15, 0.2) is 60.9 Å². The highest BCUT2D eigenvalue weighted by Crippen LogP contribution is 2.29. The largest absolute Gasteiger partial charge is 0.373 e. The topological polar surface area (TPSA) is 91.4 Å². The molecule has 3 heterocycles. The van der Waals surface area contributed by atoms with Crippen molar-refractivity contribution in [3.63, 3.8) is 0 Å². The van der Waals surface area contributed by atoms with Gasteiger partial charge in [-0.2, -0.15) is 4.98 Å². The van der Waals surface area contributed by atoms with Crippen molar-refractivity contribution < 1.29 is 4.39 Å². The van der Waals surface area contributed by atoms with Crippen molar-refractivity contribution in [3.8, 4) is 22.6 Å². The summed E-state index contributed by atoms with van der Waals surface area (Å²) in [4.78, 5) is 20.9. The number of hydrogen-bond donors (Lipinski definition) is 3. The third-order valence-corrected chi connectivity index (χ3v) is 4.10. The van der Waals surface area contributed by atoms with Gasteiger partial charge >= 0.3 is 0 Å². The summed E-state index contributed by atoms with van der Waals surface area (Å²) in [6.45, 7) is 0.377. The monoisotopic (exact) mass is 375 g/mol. The first kappa shape index (κ1) is 17.6. The maximum atomic E-state index is 13.7. The molecular weight excluding hydrogens is 357 g/mol. The van der Waals surface area contributed by atoms with E-state index in [0.29, 0.717) is 35.4 Å². The number of H-pyrrole nitrogens is 1. The van der Waals surface area contributed by atoms with E-state index in [2.05, 4.69) is 35.6 Å². The fourth-order valence-corrected chi connectivity index (χ4v) is 2.79. The fraction of sp³-hybridized carbons (Fsp3) is 0.100. The molecule has 0 amide bonds. The van der Waals surface area contributed by atoms with Crippen molar-refractivity contribution in [1.82, 2.24) is 24.9 Å². The molecule has 4 rings (SSSR count). The molecule has 0 fully saturated rings. The Hall–Kier alpha value is -3.81. The molecule has 0 aliphatic carbocycles. The zero-order valence-corrected chi connectivity index (χ0v) is 15.1. The van der Waals surface area contributed by atoms with Crippen molar-refractivity contribution in [3.05, 3.63) is 72.6 Å². The second kappa shape index (κ2) is 7.83. The van der Waals surface area contributed by atoms with E-state index in [0.717, 1.165) is 11.4 Å². The lowest BCUT2D eigenvalue weighted by Crippen LogP contribution is -2.06. The summed E-state index contributed by atoms with van der Waals surface area (Å²) >= 11 is 0. The quantitative estimate of drug-likeness (QED) is 0.476. The van der Waals surface area contributed by atoms with Crippen molar-refractivity contribution in [2.45, 2.75) is 6.54 Å². The van der Waals surface area contributed by atoms with E-state index in [-0.39, 0.29) is 5.82 Å². The highest BCUT2D eigenvalue weighted by Gasteiger charge is 2.15. The van der Waals surface area contributed by atoms with E-state index >= 15 is 0 Å². The molecule has 0 saturated heterocycles. The summed E-state index contributed by atoms with van der Waals surface area (Å²) in [7, 11) is 1.79. The number of benzene rings is 1. The van der Waals surface area contributed by atoms with Crippen molar-refractivity contribution in [1.29, 1.82) is 0 Å². The minimum Gasteiger partial charge on any atom is -0.373 e. The van der Waals surface area contributed by atoms with E-state index in [1.165, 1.54) is 12.1 Å². The summed E-state index contributed by atoms with van der Waals surface area (Å²) in [5.41, 5.74) is 2.78. The van der Waals surface area contributed by atoms with Crippen LogP contribution in [0.5, 0.6) is 0 Å². The Kier molecular flexibility index (Phi) is 4.92. The van der Waals surface area contributed by atoms with Gasteiger partial charge in [-0.1, -0.05) is 18.2 Å². The predicted octanol–water partition coefficient (Wildman–Crippen LogP) is 3.72. The van der Waals surface area contributed by atoms with Crippen molar-refractivity contribution >= 4 is 11.8 Å². The van der Waals surface area contributed by atoms with Crippen molar-refractivity contribution in [2.75, 3.05) is 17.7 Å². The van der Waals surface area contributed by atoms with Crippen LogP contribution in [0.3, 0.4) is 0 Å². The van der Waals surface area contributed by atoms with Gasteiger partial charge in [-0.25, -0.2) is 14.4 Å². The molecule has 7 nitrogen and oxygen atoms in total. The van der Waals surface area contributed by atoms with Gasteiger partial charge in [-0.15, -0.1) is 0 Å². The number of anilines is 2. The zero-order valence-electron chi connectivity index (χ0n) is 15.1. The molecule has 3 aromatic heterocycles. The second-order valence-corrected chi connectivity index (χ2v) is 6.00. The number of nitrogens with one attached hydrogen (secondary N) is 3. The number of aromatic nitrogens is 5. The van der Waals surface area contributed by atoms with E-state index < -0.39 is 0 Å². The van der Waals surface area contributed by atoms with Gasteiger partial charge in [-0.05, 0) is 30.3 Å². The van der Waals surface area contributed by atoms with Gasteiger partial charge in [0.25, 0.3) is 0 Å². The first-order chi connectivity index (χ1) is 13.7. The lowest BCUT2D eigenvalue weighted by molar-refractivity contribution is 0.628. The van der Waals surface area contributed by atoms with Crippen molar-refractivity contribution in [2.24, 2.45) is 0 Å². The van der Waals surface area contributed by atoms with Crippen LogP contribution in [-0.2, 0) is 6.54 Å². The molecule has 0 atom stereocenters. The van der Waals surface area contributed by atoms with Crippen LogP contribution in [0.25, 0.3) is 22.6 Å². The van der Waals surface area contributed by atoms with Gasteiger partial charge < -0.3 is 15.6 Å². The van der Waals surface area contributed by atoms with E-state index in [1.807, 2.05) is 24.3 Å². The van der Waals surface area contributed by atoms with E-state index in [9.17, 15) is 4.39 Å². The van der Waals surface area contributed by atoms with Gasteiger partial charge in [0, 0.05) is 25.0 Å². The first-order valence-electron chi connectivity index (χ1n) is 8.74. The standard InChI is InChI=1S/C20H18FN7/c1-22-16-8-10-24-20(28-16)25-12-17-26-18(13-5-4-6-14(21)11-13)19(27-17)15-7-2-3-9-23-15/h2-11H,12H2,1H3,(H,26,27)(H2,22,24,25,28). The minimum atomic E-state index is -0.315. The molecule has 8 heteroatoms. The summed E-state index contributed by atoms with van der Waals surface area (Å²) < 4.78 is 13.7. The maximum Gasteiger partial charge on any atom is 0.224 e. The van der Waals surface area contributed by atoms with Gasteiger partial charge in [0.15, 0.2) is 0 Å². The molecule has 28 heavy (non-hydrogen) atoms. The third-order valence-electron chi connectivity index (χ3n) is 4.10. The van der Waals surface area contributed by atoms with Crippen LogP contribution in [0.2, 0.25) is 0 Å². The number of rotatable bonds is 6. The molecule has 0 spiro atoms. The Morgan fingerprint density at radius 3 is 2.71 bits per heavy atom. The van der Waals surface area contributed by atoms with E-state index in [4.69, 9.17) is 0 Å². The number of pyridine rings is 1. The number of imidazole rings is 1. The zero-order chi connectivity index (χ0) is 19.3. The molecule has 3 N–H and O–H groups in total. The second-order valence-electron chi connectivity index (χ2n) is 6.00. The molecule has 140 valence electrons. The van der Waals surface area contributed by atoms with Crippen LogP contribution in [0.4, 0.5) is 16.2 Å². The minimum absolute atomic E-state index is 0.315. The number of halogens is 1. The molecule has 1 aromatic carbocycles. The van der Waals surface area contributed by atoms with Crippen LogP contribution in [-0.4, -0.2) is 32.0 Å². The summed E-state index contributed by atoms with van der Waals surface area (Å²) in [6, 6.07) is 13.7. The molecule has 0 aliphatic heterocycles. The molecule has 0 unspecified atom stereocenters. The highest BCUT2D eigenvalue weighted by molar-refractivity contribution is 5.76. The maximum absolute atomic E-state index is 13.7. The molecule has 0 aliphatic rings. The third kappa shape index (κ3) is 3.80. The van der Waals surface area contributed by atoms with Crippen LogP contribution >= 0.6 is 0 Å². The lowest BCUT2D eigenvalue weighted by Gasteiger charge is -2.04. The Bertz CT molecular complexity index is 1080. The SMILES string of the molecule is CNc1ccnc(NCc2nc(-c3cccc(F)c3)c(-c3ccccn3)[nH]2)n1. The van der Waals surface area contributed by atoms with Gasteiger partial charge in [0.2, 0.25) is 5.95 Å². The highest BCUT2D eigenvalue weighted by atomic mass is 19.1. The van der Waals surface area contributed by atoms with Gasteiger partial charge in [-0.3, -0.25) is 4.98 Å². The Morgan fingerprint density at radius 1 is 1.00 bits per heavy atom. The molecule has 4 aromatic rings. The number of aromatic amines is 1. The van der Waals surface area contributed by atoms with Crippen LogP contribution in [0, 0.1) is 5.82 Å². The van der Waals surface area contributed by atoms with Gasteiger partial charge in [0.1, 0.15) is 17.5 Å². The first-order valence-corrected chi connectivity index (χ1v) is 8.74. The Labute approximate surface area is 161 Å². The number of nitrogens with zero attached hydrogens (tertiary/aromatic N) is 4. The van der Waals surface area contributed by atoms with Crippen LogP contribution in [0.1, 0.15) is 5.82 Å². The molecule has 0 radical (unpaired) electrons. The fourth-order valence-electron chi connectivity index (χ4n) is 2.79. The number of hydrogen-bond acceptors (Lipinski definition) is 6. The molecule has 0 saturated carbocycles. The normalized spacial score (nSPS) is 10.6. The summed E-state index contributed by atoms with van der Waals surface area (Å²) in [5.74, 6) is 1.55. The lowest BCUT2D eigenvalue weighted by atomic mass is 10.1. The predicted molar refractivity (Wildman–Crippen MR) is 106 cm³/mol. The van der Waals surface area contributed by atoms with Gasteiger partial charge in [0.05, 0.1) is 23.6 Å². The summed E-state index contributed by atoms with van der Waals surface area (Å²) in [6.07, 6.45) is 3.38. The Morgan fingerprint density at radius 2 is 1.93 bits per heavy atom. The summed E-state index contributed by atoms with van der Waals surface area (Å²) in [5, 5.41) is 6.11. The molecular formula is C20H18FN7.